The van der Waals surface area contributed by atoms with Crippen LogP contribution in [0.25, 0.3) is 10.6 Å². The first-order valence-electron chi connectivity index (χ1n) is 12.1. The van der Waals surface area contributed by atoms with E-state index in [4.69, 9.17) is 23.9 Å². The predicted octanol–water partition coefficient (Wildman–Crippen LogP) is 5.60. The van der Waals surface area contributed by atoms with Gasteiger partial charge in [0, 0.05) is 29.0 Å². The molecule has 0 saturated heterocycles. The van der Waals surface area contributed by atoms with E-state index in [0.717, 1.165) is 33.3 Å². The van der Waals surface area contributed by atoms with E-state index in [0.29, 0.717) is 62.3 Å². The van der Waals surface area contributed by atoms with Crippen molar-refractivity contribution in [2.24, 2.45) is 0 Å². The van der Waals surface area contributed by atoms with E-state index in [1.54, 1.807) is 23.5 Å². The molecule has 8 heteroatoms. The number of hydrogen-bond donors (Lipinski definition) is 0. The summed E-state index contributed by atoms with van der Waals surface area (Å²) < 4.78 is 22.9. The van der Waals surface area contributed by atoms with Crippen molar-refractivity contribution in [2.75, 3.05) is 33.0 Å². The Labute approximate surface area is 210 Å². The van der Waals surface area contributed by atoms with Gasteiger partial charge >= 0.3 is 0 Å². The van der Waals surface area contributed by atoms with Crippen LogP contribution in [0.5, 0.6) is 23.0 Å². The van der Waals surface area contributed by atoms with E-state index in [1.807, 2.05) is 56.9 Å². The number of amides is 1. The number of aromatic nitrogens is 1. The van der Waals surface area contributed by atoms with Gasteiger partial charge in [-0.1, -0.05) is 0 Å². The minimum atomic E-state index is -0.0587. The van der Waals surface area contributed by atoms with Crippen LogP contribution in [0, 0.1) is 0 Å². The lowest BCUT2D eigenvalue weighted by atomic mass is 10.1. The van der Waals surface area contributed by atoms with Crippen molar-refractivity contribution in [1.82, 2.24) is 9.88 Å². The summed E-state index contributed by atoms with van der Waals surface area (Å²) in [7, 11) is 0. The third-order valence-corrected chi connectivity index (χ3v) is 6.72. The van der Waals surface area contributed by atoms with Gasteiger partial charge in [-0.05, 0) is 64.1 Å². The van der Waals surface area contributed by atoms with Crippen LogP contribution >= 0.6 is 11.3 Å². The molecule has 0 unspecified atom stereocenters. The molecule has 1 aliphatic heterocycles. The first kappa shape index (κ1) is 24.9. The van der Waals surface area contributed by atoms with Crippen LogP contribution in [0.2, 0.25) is 0 Å². The molecule has 186 valence electrons. The van der Waals surface area contributed by atoms with E-state index in [9.17, 15) is 4.79 Å². The number of fused-ring (bicyclic) bond motifs is 1. The smallest absolute Gasteiger partial charge is 0.254 e. The lowest BCUT2D eigenvalue weighted by Crippen LogP contribution is -2.35. The third kappa shape index (κ3) is 5.53. The van der Waals surface area contributed by atoms with Gasteiger partial charge in [0.05, 0.1) is 38.7 Å². The molecule has 1 amide bonds. The lowest BCUT2D eigenvalue weighted by molar-refractivity contribution is 0.0735. The summed E-state index contributed by atoms with van der Waals surface area (Å²) in [6.45, 7) is 10.9. The maximum Gasteiger partial charge on any atom is 0.254 e. The number of hydrogen-bond acceptors (Lipinski definition) is 7. The molecule has 1 aromatic heterocycles. The molecule has 0 bridgehead atoms. The number of benzene rings is 2. The predicted molar refractivity (Wildman–Crippen MR) is 137 cm³/mol. The lowest BCUT2D eigenvalue weighted by Gasteiger charge is -2.27. The van der Waals surface area contributed by atoms with E-state index < -0.39 is 0 Å². The molecule has 3 aromatic rings. The van der Waals surface area contributed by atoms with Crippen molar-refractivity contribution >= 4 is 17.2 Å². The molecule has 0 spiro atoms. The summed E-state index contributed by atoms with van der Waals surface area (Å²) in [5.74, 6) is 2.38. The zero-order valence-electron chi connectivity index (χ0n) is 20.8. The number of thiazole rings is 1. The molecule has 0 N–H and O–H groups in total. The van der Waals surface area contributed by atoms with Gasteiger partial charge in [-0.3, -0.25) is 4.79 Å². The zero-order valence-corrected chi connectivity index (χ0v) is 21.6. The summed E-state index contributed by atoms with van der Waals surface area (Å²) in [6, 6.07) is 11.5. The topological polar surface area (TPSA) is 70.1 Å². The van der Waals surface area contributed by atoms with Crippen LogP contribution in [0.4, 0.5) is 0 Å². The number of carbonyl (C=O) groups is 1. The first-order chi connectivity index (χ1) is 17.1. The first-order valence-corrected chi connectivity index (χ1v) is 13.0. The summed E-state index contributed by atoms with van der Waals surface area (Å²) in [4.78, 5) is 21.4. The Hall–Kier alpha value is -3.26. The van der Waals surface area contributed by atoms with Crippen LogP contribution < -0.4 is 18.9 Å². The van der Waals surface area contributed by atoms with Gasteiger partial charge in [0.1, 0.15) is 10.8 Å². The highest BCUT2D eigenvalue weighted by atomic mass is 32.1. The van der Waals surface area contributed by atoms with Crippen molar-refractivity contribution in [3.63, 3.8) is 0 Å². The normalized spacial score (nSPS) is 12.7. The molecule has 0 aliphatic carbocycles. The second-order valence-electron chi connectivity index (χ2n) is 7.92. The van der Waals surface area contributed by atoms with Gasteiger partial charge in [0.15, 0.2) is 11.5 Å². The summed E-state index contributed by atoms with van der Waals surface area (Å²) in [5, 5.41) is 0.964. The molecule has 0 fully saturated rings. The fraction of sp³-hybridized carbons (Fsp3) is 0.407. The van der Waals surface area contributed by atoms with Crippen LogP contribution in [-0.2, 0) is 13.0 Å². The summed E-state index contributed by atoms with van der Waals surface area (Å²) >= 11 is 1.64. The van der Waals surface area contributed by atoms with E-state index in [-0.39, 0.29) is 5.91 Å². The Morgan fingerprint density at radius 3 is 2.14 bits per heavy atom. The molecule has 2 aromatic carbocycles. The van der Waals surface area contributed by atoms with Crippen molar-refractivity contribution in [3.05, 3.63) is 52.5 Å². The van der Waals surface area contributed by atoms with Crippen LogP contribution in [0.3, 0.4) is 0 Å². The van der Waals surface area contributed by atoms with Crippen molar-refractivity contribution in [2.45, 2.75) is 40.7 Å². The Morgan fingerprint density at radius 1 is 0.914 bits per heavy atom. The molecule has 7 nitrogen and oxygen atoms in total. The van der Waals surface area contributed by atoms with Gasteiger partial charge in [-0.25, -0.2) is 4.98 Å². The fourth-order valence-corrected chi connectivity index (χ4v) is 5.18. The summed E-state index contributed by atoms with van der Waals surface area (Å²) in [5.41, 5.74) is 2.65. The Bertz CT molecular complexity index is 1130. The highest BCUT2D eigenvalue weighted by Gasteiger charge is 2.27. The highest BCUT2D eigenvalue weighted by Crippen LogP contribution is 2.40. The van der Waals surface area contributed by atoms with Crippen LogP contribution in [0.15, 0.2) is 36.4 Å². The fourth-order valence-electron chi connectivity index (χ4n) is 4.05. The van der Waals surface area contributed by atoms with Crippen molar-refractivity contribution < 1.29 is 23.7 Å². The Morgan fingerprint density at radius 2 is 1.54 bits per heavy atom. The zero-order chi connectivity index (χ0) is 24.8. The Kier molecular flexibility index (Phi) is 8.13. The molecule has 35 heavy (non-hydrogen) atoms. The average molecular weight is 497 g/mol. The minimum Gasteiger partial charge on any atom is -0.494 e. The molecule has 0 saturated carbocycles. The number of nitrogens with zero attached hydrogens (tertiary/aromatic N) is 2. The molecule has 0 atom stereocenters. The monoisotopic (exact) mass is 496 g/mol. The highest BCUT2D eigenvalue weighted by molar-refractivity contribution is 7.15. The SMILES string of the molecule is CCOc1ccc(-c2nc3c(s2)CN(C(=O)c2cc(OCC)c(OCC)c(OCC)c2)CC3)cc1. The molecule has 4 rings (SSSR count). The molecule has 0 radical (unpaired) electrons. The second-order valence-corrected chi connectivity index (χ2v) is 9.01. The van der Waals surface area contributed by atoms with Gasteiger partial charge in [0.25, 0.3) is 5.91 Å². The number of rotatable bonds is 10. The van der Waals surface area contributed by atoms with Crippen LogP contribution in [-0.4, -0.2) is 48.8 Å². The minimum absolute atomic E-state index is 0.0587. The molecular formula is C27H32N2O5S. The maximum atomic E-state index is 13.5. The van der Waals surface area contributed by atoms with Gasteiger partial charge in [-0.15, -0.1) is 11.3 Å². The Balaban J connectivity index is 1.56. The van der Waals surface area contributed by atoms with E-state index in [1.165, 1.54) is 0 Å². The van der Waals surface area contributed by atoms with E-state index in [2.05, 4.69) is 0 Å². The quantitative estimate of drug-likeness (QED) is 0.364. The van der Waals surface area contributed by atoms with Crippen molar-refractivity contribution in [3.8, 4) is 33.6 Å². The molecule has 2 heterocycles. The third-order valence-electron chi connectivity index (χ3n) is 5.59. The molecular weight excluding hydrogens is 464 g/mol. The van der Waals surface area contributed by atoms with Crippen LogP contribution in [0.1, 0.15) is 48.6 Å². The maximum absolute atomic E-state index is 13.5. The van der Waals surface area contributed by atoms with Gasteiger partial charge < -0.3 is 23.8 Å². The second kappa shape index (κ2) is 11.4. The summed E-state index contributed by atoms with van der Waals surface area (Å²) in [6.07, 6.45) is 0.724. The largest absolute Gasteiger partial charge is 0.494 e. The standard InChI is InChI=1S/C27H32N2O5S/c1-5-31-20-11-9-18(10-12-20)26-28-21-13-14-29(17-24(21)35-26)27(30)19-15-22(32-6-2)25(34-8-4)23(16-19)33-7-3/h9-12,15-16H,5-8,13-14,17H2,1-4H3. The number of ether oxygens (including phenoxy) is 4. The average Bonchev–Trinajstić information content (AvgIpc) is 3.30. The molecule has 1 aliphatic rings. The van der Waals surface area contributed by atoms with Gasteiger partial charge in [0.2, 0.25) is 5.75 Å². The van der Waals surface area contributed by atoms with E-state index >= 15 is 0 Å². The van der Waals surface area contributed by atoms with Gasteiger partial charge in [-0.2, -0.15) is 0 Å². The van der Waals surface area contributed by atoms with Crippen molar-refractivity contribution in [1.29, 1.82) is 0 Å². The number of carbonyl (C=O) groups excluding carboxylic acids is 1.